The molecule has 0 aromatic carbocycles. The van der Waals surface area contributed by atoms with Gasteiger partial charge < -0.3 is 5.32 Å². The molecule has 2 N–H and O–H groups in total. The molecule has 0 spiro atoms. The van der Waals surface area contributed by atoms with E-state index in [-0.39, 0.29) is 6.04 Å². The third-order valence-electron chi connectivity index (χ3n) is 2.55. The van der Waals surface area contributed by atoms with Gasteiger partial charge in [0.2, 0.25) is 0 Å². The number of hydrogen-bond acceptors (Lipinski definition) is 5. The minimum Gasteiger partial charge on any atom is -0.302 e. The SMILES string of the molecule is CCCNC(c1ncn[nH]1)c1cnnn1CC. The molecule has 7 nitrogen and oxygen atoms in total. The van der Waals surface area contributed by atoms with Crippen molar-refractivity contribution in [2.24, 2.45) is 0 Å². The van der Waals surface area contributed by atoms with Crippen LogP contribution in [0.15, 0.2) is 12.5 Å². The van der Waals surface area contributed by atoms with Gasteiger partial charge in [-0.1, -0.05) is 12.1 Å². The quantitative estimate of drug-likeness (QED) is 0.762. The summed E-state index contributed by atoms with van der Waals surface area (Å²) in [4.78, 5) is 4.20. The van der Waals surface area contributed by atoms with Crippen LogP contribution in [-0.2, 0) is 6.54 Å². The van der Waals surface area contributed by atoms with E-state index in [1.165, 1.54) is 6.33 Å². The molecule has 17 heavy (non-hydrogen) atoms. The lowest BCUT2D eigenvalue weighted by molar-refractivity contribution is 0.509. The van der Waals surface area contributed by atoms with Crippen LogP contribution < -0.4 is 5.32 Å². The Labute approximate surface area is 99.6 Å². The fraction of sp³-hybridized carbons (Fsp3) is 0.600. The monoisotopic (exact) mass is 235 g/mol. The minimum atomic E-state index is -0.0348. The third kappa shape index (κ3) is 2.50. The Morgan fingerprint density at radius 3 is 3.00 bits per heavy atom. The van der Waals surface area contributed by atoms with E-state index >= 15 is 0 Å². The van der Waals surface area contributed by atoms with Gasteiger partial charge in [0.1, 0.15) is 18.2 Å². The fourth-order valence-corrected chi connectivity index (χ4v) is 1.72. The zero-order valence-corrected chi connectivity index (χ0v) is 10.1. The van der Waals surface area contributed by atoms with Gasteiger partial charge in [0.25, 0.3) is 0 Å². The number of hydrogen-bond donors (Lipinski definition) is 2. The van der Waals surface area contributed by atoms with E-state index in [1.807, 2.05) is 11.6 Å². The van der Waals surface area contributed by atoms with E-state index in [1.54, 1.807) is 6.20 Å². The Balaban J connectivity index is 2.27. The van der Waals surface area contributed by atoms with Crippen molar-refractivity contribution in [1.82, 2.24) is 35.5 Å². The molecule has 2 heterocycles. The maximum absolute atomic E-state index is 4.20. The van der Waals surface area contributed by atoms with E-state index in [0.717, 1.165) is 31.0 Å². The van der Waals surface area contributed by atoms with Gasteiger partial charge in [-0.3, -0.25) is 5.10 Å². The molecule has 0 amide bonds. The predicted octanol–water partition coefficient (Wildman–Crippen LogP) is 0.505. The van der Waals surface area contributed by atoms with E-state index in [0.29, 0.717) is 0 Å². The van der Waals surface area contributed by atoms with Crippen molar-refractivity contribution in [3.8, 4) is 0 Å². The number of nitrogens with zero attached hydrogens (tertiary/aromatic N) is 5. The van der Waals surface area contributed by atoms with E-state index in [4.69, 9.17) is 0 Å². The third-order valence-corrected chi connectivity index (χ3v) is 2.55. The summed E-state index contributed by atoms with van der Waals surface area (Å²) in [5.41, 5.74) is 0.998. The predicted molar refractivity (Wildman–Crippen MR) is 62.2 cm³/mol. The Kier molecular flexibility index (Phi) is 3.81. The molecule has 92 valence electrons. The highest BCUT2D eigenvalue weighted by molar-refractivity contribution is 5.13. The first-order valence-corrected chi connectivity index (χ1v) is 5.83. The highest BCUT2D eigenvalue weighted by Gasteiger charge is 2.20. The molecule has 0 fully saturated rings. The van der Waals surface area contributed by atoms with Gasteiger partial charge in [-0.05, 0) is 19.9 Å². The first-order chi connectivity index (χ1) is 8.36. The second-order valence-corrected chi connectivity index (χ2v) is 3.73. The molecule has 2 aromatic rings. The summed E-state index contributed by atoms with van der Waals surface area (Å²) in [6.45, 7) is 5.85. The molecule has 1 unspecified atom stereocenters. The van der Waals surface area contributed by atoms with Crippen molar-refractivity contribution in [3.05, 3.63) is 24.0 Å². The van der Waals surface area contributed by atoms with Crippen LogP contribution in [0.1, 0.15) is 37.8 Å². The summed E-state index contributed by atoms with van der Waals surface area (Å²) in [6, 6.07) is -0.0348. The van der Waals surface area contributed by atoms with Crippen LogP contribution in [0.2, 0.25) is 0 Å². The average molecular weight is 235 g/mol. The summed E-state index contributed by atoms with van der Waals surface area (Å²) in [7, 11) is 0. The first kappa shape index (κ1) is 11.7. The van der Waals surface area contributed by atoms with Crippen LogP contribution in [0.4, 0.5) is 0 Å². The van der Waals surface area contributed by atoms with Crippen LogP contribution in [0.3, 0.4) is 0 Å². The maximum atomic E-state index is 4.20. The summed E-state index contributed by atoms with van der Waals surface area (Å²) in [5, 5.41) is 18.2. The highest BCUT2D eigenvalue weighted by atomic mass is 15.4. The van der Waals surface area contributed by atoms with E-state index < -0.39 is 0 Å². The standard InChI is InChI=1S/C10H17N7/c1-3-5-11-9(10-12-7-14-15-10)8-6-13-16-17(8)4-2/h6-7,9,11H,3-5H2,1-2H3,(H,12,14,15). The average Bonchev–Trinajstić information content (AvgIpc) is 3.00. The summed E-state index contributed by atoms with van der Waals surface area (Å²) >= 11 is 0. The molecule has 0 saturated heterocycles. The second-order valence-electron chi connectivity index (χ2n) is 3.73. The molecule has 0 bridgehead atoms. The Morgan fingerprint density at radius 2 is 2.35 bits per heavy atom. The van der Waals surface area contributed by atoms with Crippen molar-refractivity contribution in [2.75, 3.05) is 6.54 Å². The fourth-order valence-electron chi connectivity index (χ4n) is 1.72. The van der Waals surface area contributed by atoms with Crippen molar-refractivity contribution in [2.45, 2.75) is 32.9 Å². The van der Waals surface area contributed by atoms with E-state index in [2.05, 4.69) is 37.7 Å². The van der Waals surface area contributed by atoms with Crippen LogP contribution in [0.25, 0.3) is 0 Å². The number of aromatic amines is 1. The number of rotatable bonds is 6. The molecular formula is C10H17N7. The van der Waals surface area contributed by atoms with Gasteiger partial charge in [-0.2, -0.15) is 5.10 Å². The van der Waals surface area contributed by atoms with Gasteiger partial charge in [0.05, 0.1) is 11.9 Å². The van der Waals surface area contributed by atoms with Crippen molar-refractivity contribution >= 4 is 0 Å². The maximum Gasteiger partial charge on any atom is 0.147 e. The number of nitrogens with one attached hydrogen (secondary N) is 2. The van der Waals surface area contributed by atoms with Gasteiger partial charge >= 0.3 is 0 Å². The summed E-state index contributed by atoms with van der Waals surface area (Å²) in [6.07, 6.45) is 4.33. The summed E-state index contributed by atoms with van der Waals surface area (Å²) < 4.78 is 1.86. The number of aryl methyl sites for hydroxylation is 1. The molecule has 2 aromatic heterocycles. The zero-order chi connectivity index (χ0) is 12.1. The molecule has 1 atom stereocenters. The van der Waals surface area contributed by atoms with Crippen molar-refractivity contribution in [3.63, 3.8) is 0 Å². The second kappa shape index (κ2) is 5.53. The van der Waals surface area contributed by atoms with Gasteiger partial charge in [-0.25, -0.2) is 9.67 Å². The van der Waals surface area contributed by atoms with Gasteiger partial charge in [0.15, 0.2) is 0 Å². The van der Waals surface area contributed by atoms with Crippen LogP contribution in [0, 0.1) is 0 Å². The van der Waals surface area contributed by atoms with Crippen LogP contribution in [-0.4, -0.2) is 36.7 Å². The smallest absolute Gasteiger partial charge is 0.147 e. The Bertz CT molecular complexity index is 433. The highest BCUT2D eigenvalue weighted by Crippen LogP contribution is 2.17. The molecule has 7 heteroatoms. The van der Waals surface area contributed by atoms with Gasteiger partial charge in [-0.15, -0.1) is 5.10 Å². The topological polar surface area (TPSA) is 84.3 Å². The van der Waals surface area contributed by atoms with Gasteiger partial charge in [0, 0.05) is 6.54 Å². The first-order valence-electron chi connectivity index (χ1n) is 5.83. The normalized spacial score (nSPS) is 12.8. The zero-order valence-electron chi connectivity index (χ0n) is 10.1. The number of H-pyrrole nitrogens is 1. The lowest BCUT2D eigenvalue weighted by atomic mass is 10.2. The van der Waals surface area contributed by atoms with Crippen LogP contribution in [0.5, 0.6) is 0 Å². The molecule has 0 aliphatic rings. The van der Waals surface area contributed by atoms with Crippen molar-refractivity contribution in [1.29, 1.82) is 0 Å². The molecule has 0 radical (unpaired) electrons. The molecule has 2 rings (SSSR count). The number of aromatic nitrogens is 6. The molecule has 0 aliphatic carbocycles. The Morgan fingerprint density at radius 1 is 1.47 bits per heavy atom. The molecule has 0 saturated carbocycles. The summed E-state index contributed by atoms with van der Waals surface area (Å²) in [5.74, 6) is 0.787. The Hall–Kier alpha value is -1.76. The molecular weight excluding hydrogens is 218 g/mol. The van der Waals surface area contributed by atoms with E-state index in [9.17, 15) is 0 Å². The largest absolute Gasteiger partial charge is 0.302 e. The molecule has 0 aliphatic heterocycles. The van der Waals surface area contributed by atoms with Crippen LogP contribution >= 0.6 is 0 Å². The minimum absolute atomic E-state index is 0.0348. The lowest BCUT2D eigenvalue weighted by Gasteiger charge is -2.16. The lowest BCUT2D eigenvalue weighted by Crippen LogP contribution is -2.26. The van der Waals surface area contributed by atoms with Crippen molar-refractivity contribution < 1.29 is 0 Å².